The predicted molar refractivity (Wildman–Crippen MR) is 161 cm³/mol. The number of aromatic nitrogens is 2. The van der Waals surface area contributed by atoms with Crippen molar-refractivity contribution >= 4 is 58.1 Å². The molecule has 5 unspecified atom stereocenters. The average molecular weight is 595 g/mol. The van der Waals surface area contributed by atoms with Crippen LogP contribution < -0.4 is 21.7 Å². The summed E-state index contributed by atoms with van der Waals surface area (Å²) >= 11 is 4.20. The Morgan fingerprint density at radius 3 is 1.74 bits per heavy atom. The summed E-state index contributed by atoms with van der Waals surface area (Å²) in [5, 5.41) is 28.9. The van der Waals surface area contributed by atoms with Gasteiger partial charge in [-0.3, -0.25) is 14.4 Å². The molecule has 0 aliphatic rings. The number of nitrogens with two attached hydrogens (primary N) is 1. The van der Waals surface area contributed by atoms with Crippen LogP contribution in [0.3, 0.4) is 0 Å². The second-order valence-electron chi connectivity index (χ2n) is 10.1. The van der Waals surface area contributed by atoms with Crippen molar-refractivity contribution in [2.75, 3.05) is 5.75 Å². The average Bonchev–Trinajstić information content (AvgIpc) is 3.58. The molecule has 0 spiro atoms. The second-order valence-corrected chi connectivity index (χ2v) is 10.5. The molecule has 9 N–H and O–H groups in total. The lowest BCUT2D eigenvalue weighted by atomic mass is 10.0. The maximum Gasteiger partial charge on any atom is 0.326 e. The van der Waals surface area contributed by atoms with E-state index in [1.165, 1.54) is 6.92 Å². The Morgan fingerprint density at radius 1 is 0.786 bits per heavy atom. The first-order valence-corrected chi connectivity index (χ1v) is 14.0. The Kier molecular flexibility index (Phi) is 9.88. The Labute approximate surface area is 246 Å². The first-order valence-electron chi connectivity index (χ1n) is 13.4. The van der Waals surface area contributed by atoms with Crippen molar-refractivity contribution in [3.05, 3.63) is 72.1 Å². The number of hydrogen-bond donors (Lipinski definition) is 9. The number of aliphatic carboxylic acids is 1. The molecule has 222 valence electrons. The van der Waals surface area contributed by atoms with Gasteiger partial charge in [0.1, 0.15) is 24.2 Å². The molecule has 42 heavy (non-hydrogen) atoms. The maximum absolute atomic E-state index is 13.5. The third kappa shape index (κ3) is 7.11. The summed E-state index contributed by atoms with van der Waals surface area (Å²) in [6, 6.07) is 9.89. The third-order valence-corrected chi connectivity index (χ3v) is 7.45. The summed E-state index contributed by atoms with van der Waals surface area (Å²) in [6.45, 7) is 1.36. The van der Waals surface area contributed by atoms with E-state index in [0.29, 0.717) is 5.56 Å². The molecule has 4 aromatic rings. The highest BCUT2D eigenvalue weighted by atomic mass is 32.1. The number of carboxylic acid groups (broad SMARTS) is 1. The molecule has 0 aliphatic carbocycles. The van der Waals surface area contributed by atoms with E-state index in [9.17, 15) is 29.4 Å². The van der Waals surface area contributed by atoms with Gasteiger partial charge >= 0.3 is 5.97 Å². The number of benzene rings is 2. The summed E-state index contributed by atoms with van der Waals surface area (Å²) in [5.74, 6) is -3.58. The van der Waals surface area contributed by atoms with Gasteiger partial charge in [0.25, 0.3) is 0 Å². The van der Waals surface area contributed by atoms with Gasteiger partial charge in [0, 0.05) is 52.8 Å². The monoisotopic (exact) mass is 594 g/mol. The summed E-state index contributed by atoms with van der Waals surface area (Å²) in [7, 11) is 0. The number of carbonyl (C=O) groups is 4. The molecule has 5 atom stereocenters. The molecule has 12 nitrogen and oxygen atoms in total. The van der Waals surface area contributed by atoms with Gasteiger partial charge in [-0.15, -0.1) is 0 Å². The van der Waals surface area contributed by atoms with Crippen LogP contribution in [0.15, 0.2) is 60.9 Å². The quantitative estimate of drug-likeness (QED) is 0.101. The summed E-state index contributed by atoms with van der Waals surface area (Å²) < 4.78 is 0. The molecule has 2 heterocycles. The highest BCUT2D eigenvalue weighted by Crippen LogP contribution is 2.20. The van der Waals surface area contributed by atoms with Crippen molar-refractivity contribution in [2.45, 2.75) is 50.0 Å². The van der Waals surface area contributed by atoms with Crippen LogP contribution >= 0.6 is 12.6 Å². The minimum atomic E-state index is -1.28. The number of fused-ring (bicyclic) bond motifs is 2. The molecule has 2 aromatic carbocycles. The number of nitrogens with one attached hydrogen (secondary N) is 5. The zero-order valence-corrected chi connectivity index (χ0v) is 23.7. The molecule has 0 aliphatic heterocycles. The molecule has 2 aromatic heterocycles. The number of thiol groups is 1. The van der Waals surface area contributed by atoms with Crippen molar-refractivity contribution < 1.29 is 29.4 Å². The van der Waals surface area contributed by atoms with Crippen molar-refractivity contribution in [3.63, 3.8) is 0 Å². The Balaban J connectivity index is 1.49. The van der Waals surface area contributed by atoms with Crippen LogP contribution in [0.4, 0.5) is 0 Å². The van der Waals surface area contributed by atoms with Crippen molar-refractivity contribution in [1.29, 1.82) is 0 Å². The molecule has 3 amide bonds. The van der Waals surface area contributed by atoms with Crippen molar-refractivity contribution in [1.82, 2.24) is 25.9 Å². The number of carboxylic acids is 1. The van der Waals surface area contributed by atoms with Gasteiger partial charge in [0.2, 0.25) is 17.7 Å². The molecule has 0 saturated carbocycles. The predicted octanol–water partition coefficient (Wildman–Crippen LogP) is 0.611. The van der Waals surface area contributed by atoms with Crippen molar-refractivity contribution in [3.8, 4) is 0 Å². The smallest absolute Gasteiger partial charge is 0.326 e. The molecular formula is C29H34N6O6S. The zero-order valence-electron chi connectivity index (χ0n) is 22.8. The number of amides is 3. The minimum absolute atomic E-state index is 0.00873. The molecule has 13 heteroatoms. The van der Waals surface area contributed by atoms with Crippen LogP contribution in [0.5, 0.6) is 0 Å². The molecule has 0 bridgehead atoms. The molecular weight excluding hydrogens is 560 g/mol. The normalized spacial score (nSPS) is 15.0. The number of aromatic amines is 2. The fourth-order valence-electron chi connectivity index (χ4n) is 4.68. The van der Waals surface area contributed by atoms with Crippen LogP contribution in [0.25, 0.3) is 21.8 Å². The number of rotatable bonds is 13. The lowest BCUT2D eigenvalue weighted by Gasteiger charge is -2.25. The molecule has 0 saturated heterocycles. The first kappa shape index (κ1) is 30.6. The number of hydrogen-bond acceptors (Lipinski definition) is 7. The van der Waals surface area contributed by atoms with Gasteiger partial charge in [-0.05, 0) is 30.2 Å². The Morgan fingerprint density at radius 2 is 1.24 bits per heavy atom. The highest BCUT2D eigenvalue weighted by molar-refractivity contribution is 7.80. The van der Waals surface area contributed by atoms with E-state index in [0.717, 1.165) is 27.4 Å². The van der Waals surface area contributed by atoms with Gasteiger partial charge in [-0.2, -0.15) is 12.6 Å². The van der Waals surface area contributed by atoms with Gasteiger partial charge in [-0.1, -0.05) is 36.4 Å². The number of H-pyrrole nitrogens is 2. The maximum atomic E-state index is 13.5. The summed E-state index contributed by atoms with van der Waals surface area (Å²) in [5.41, 5.74) is 8.90. The van der Waals surface area contributed by atoms with Crippen LogP contribution in [-0.4, -0.2) is 79.9 Å². The molecule has 4 rings (SSSR count). The largest absolute Gasteiger partial charge is 0.480 e. The van der Waals surface area contributed by atoms with E-state index >= 15 is 0 Å². The standard InChI is InChI=1S/C29H34N6O6S/c1-15(36)25(30)28(39)33-22(10-16-12-31-20-8-4-2-6-18(16)20)26(37)35-24(14-42)27(38)34-23(29(40)41)11-17-13-32-21-9-5-3-7-19(17)21/h2-9,12-13,15,22-25,31-32,36,42H,10-11,14,30H2,1H3,(H,33,39)(H,34,38)(H,35,37)(H,40,41). The van der Waals surface area contributed by atoms with Crippen LogP contribution in [0.2, 0.25) is 0 Å². The SMILES string of the molecule is CC(O)C(N)C(=O)NC(Cc1c[nH]c2ccccc12)C(=O)NC(CS)C(=O)NC(Cc1c[nH]c2ccccc12)C(=O)O. The molecule has 0 radical (unpaired) electrons. The lowest BCUT2D eigenvalue weighted by molar-refractivity contribution is -0.142. The molecule has 0 fully saturated rings. The van der Waals surface area contributed by atoms with E-state index < -0.39 is 54.0 Å². The number of aliphatic hydroxyl groups is 1. The van der Waals surface area contributed by atoms with E-state index in [2.05, 4.69) is 38.5 Å². The fourth-order valence-corrected chi connectivity index (χ4v) is 4.93. The zero-order chi connectivity index (χ0) is 30.4. The first-order chi connectivity index (χ1) is 20.1. The van der Waals surface area contributed by atoms with Crippen LogP contribution in [0.1, 0.15) is 18.1 Å². The number of carbonyl (C=O) groups excluding carboxylic acids is 3. The summed E-state index contributed by atoms with van der Waals surface area (Å²) in [4.78, 5) is 57.6. The van der Waals surface area contributed by atoms with E-state index in [4.69, 9.17) is 5.73 Å². The van der Waals surface area contributed by atoms with E-state index in [-0.39, 0.29) is 18.6 Å². The van der Waals surface area contributed by atoms with Crippen molar-refractivity contribution in [2.24, 2.45) is 5.73 Å². The van der Waals surface area contributed by atoms with Crippen LogP contribution in [-0.2, 0) is 32.0 Å². The second kappa shape index (κ2) is 13.6. The van der Waals surface area contributed by atoms with Gasteiger partial charge in [0.15, 0.2) is 0 Å². The van der Waals surface area contributed by atoms with E-state index in [1.54, 1.807) is 12.4 Å². The van der Waals surface area contributed by atoms with E-state index in [1.807, 2.05) is 48.5 Å². The fraction of sp³-hybridized carbons (Fsp3) is 0.310. The third-order valence-electron chi connectivity index (χ3n) is 7.08. The minimum Gasteiger partial charge on any atom is -0.480 e. The number of aliphatic hydroxyl groups excluding tert-OH is 1. The highest BCUT2D eigenvalue weighted by Gasteiger charge is 2.31. The van der Waals surface area contributed by atoms with Gasteiger partial charge in [-0.25, -0.2) is 4.79 Å². The Bertz CT molecular complexity index is 1580. The number of para-hydroxylation sites is 2. The van der Waals surface area contributed by atoms with Gasteiger partial charge < -0.3 is 41.9 Å². The topological polar surface area (TPSA) is 202 Å². The Hall–Kier alpha value is -4.33. The van der Waals surface area contributed by atoms with Crippen LogP contribution in [0, 0.1) is 0 Å². The lowest BCUT2D eigenvalue weighted by Crippen LogP contribution is -2.59. The van der Waals surface area contributed by atoms with Gasteiger partial charge in [0.05, 0.1) is 6.10 Å². The summed E-state index contributed by atoms with van der Waals surface area (Å²) in [6.07, 6.45) is 2.31.